The van der Waals surface area contributed by atoms with Gasteiger partial charge in [0.2, 0.25) is 0 Å². The van der Waals surface area contributed by atoms with Crippen molar-refractivity contribution in [2.75, 3.05) is 0 Å². The maximum atomic E-state index is 5.18. The van der Waals surface area contributed by atoms with E-state index in [-0.39, 0.29) is 10.8 Å². The molecule has 0 aliphatic heterocycles. The van der Waals surface area contributed by atoms with Crippen molar-refractivity contribution in [2.45, 2.75) is 56.8 Å². The third-order valence-electron chi connectivity index (χ3n) is 13.8. The fourth-order valence-electron chi connectivity index (χ4n) is 11.7. The van der Waals surface area contributed by atoms with E-state index in [1.807, 2.05) is 18.2 Å². The van der Waals surface area contributed by atoms with Crippen LogP contribution in [-0.4, -0.2) is 15.0 Å². The number of fused-ring (bicyclic) bond motifs is 3. The molecule has 3 nitrogen and oxygen atoms in total. The molecule has 0 N–H and O–H groups in total. The SMILES string of the molecule is CC1(C)c2ccccc2C2(c3ccc(-c4cccc(-c5nc(-c6ccccc6)nc(-c6cccc7ccccc67)n5)c4)cc31)C1CC3CC(C1)CC2C3. The van der Waals surface area contributed by atoms with E-state index < -0.39 is 0 Å². The van der Waals surface area contributed by atoms with Gasteiger partial charge in [0.25, 0.3) is 0 Å². The highest BCUT2D eigenvalue weighted by atomic mass is 15.0. The van der Waals surface area contributed by atoms with Gasteiger partial charge in [0.15, 0.2) is 17.5 Å². The molecular formula is C50H43N3. The lowest BCUT2D eigenvalue weighted by molar-refractivity contribution is -0.0443. The van der Waals surface area contributed by atoms with Gasteiger partial charge in [-0.15, -0.1) is 0 Å². The van der Waals surface area contributed by atoms with Crippen molar-refractivity contribution in [1.29, 1.82) is 0 Å². The first kappa shape index (κ1) is 31.1. The zero-order valence-electron chi connectivity index (χ0n) is 30.5. The predicted molar refractivity (Wildman–Crippen MR) is 215 cm³/mol. The molecule has 1 aromatic heterocycles. The summed E-state index contributed by atoms with van der Waals surface area (Å²) in [5.41, 5.74) is 11.7. The summed E-state index contributed by atoms with van der Waals surface area (Å²) in [7, 11) is 0. The molecule has 7 aromatic rings. The Balaban J connectivity index is 1.06. The Hall–Kier alpha value is -5.41. The van der Waals surface area contributed by atoms with Gasteiger partial charge in [-0.25, -0.2) is 15.0 Å². The summed E-state index contributed by atoms with van der Waals surface area (Å²) in [6.07, 6.45) is 7.03. The summed E-state index contributed by atoms with van der Waals surface area (Å²) in [6, 6.07) is 50.9. The first-order valence-electron chi connectivity index (χ1n) is 19.6. The third kappa shape index (κ3) is 4.62. The first-order valence-corrected chi connectivity index (χ1v) is 19.6. The number of nitrogens with zero attached hydrogens (tertiary/aromatic N) is 3. The van der Waals surface area contributed by atoms with E-state index in [0.717, 1.165) is 45.7 Å². The Bertz CT molecular complexity index is 2530. The van der Waals surface area contributed by atoms with Crippen LogP contribution in [0.25, 0.3) is 56.1 Å². The van der Waals surface area contributed by atoms with Crippen LogP contribution in [0.3, 0.4) is 0 Å². The maximum Gasteiger partial charge on any atom is 0.164 e. The Labute approximate surface area is 312 Å². The van der Waals surface area contributed by atoms with E-state index in [1.165, 1.54) is 59.7 Å². The molecule has 53 heavy (non-hydrogen) atoms. The summed E-state index contributed by atoms with van der Waals surface area (Å²) in [5.74, 6) is 5.38. The van der Waals surface area contributed by atoms with Crippen LogP contribution in [0.4, 0.5) is 0 Å². The van der Waals surface area contributed by atoms with E-state index >= 15 is 0 Å². The lowest BCUT2D eigenvalue weighted by Crippen LogP contribution is -2.58. The van der Waals surface area contributed by atoms with E-state index in [1.54, 1.807) is 11.1 Å². The first-order chi connectivity index (χ1) is 26.0. The molecule has 0 unspecified atom stereocenters. The molecule has 4 fully saturated rings. The van der Waals surface area contributed by atoms with Crippen LogP contribution < -0.4 is 0 Å². The van der Waals surface area contributed by atoms with E-state index in [9.17, 15) is 0 Å². The van der Waals surface area contributed by atoms with Gasteiger partial charge in [0.05, 0.1) is 0 Å². The van der Waals surface area contributed by atoms with Gasteiger partial charge in [-0.3, -0.25) is 0 Å². The Morgan fingerprint density at radius 3 is 1.79 bits per heavy atom. The molecule has 0 amide bonds. The molecule has 0 atom stereocenters. The largest absolute Gasteiger partial charge is 0.208 e. The fourth-order valence-corrected chi connectivity index (χ4v) is 11.7. The van der Waals surface area contributed by atoms with Crippen LogP contribution in [0.2, 0.25) is 0 Å². The highest BCUT2D eigenvalue weighted by Gasteiger charge is 2.62. The smallest absolute Gasteiger partial charge is 0.164 e. The summed E-state index contributed by atoms with van der Waals surface area (Å²) < 4.78 is 0. The van der Waals surface area contributed by atoms with Crippen LogP contribution in [0.5, 0.6) is 0 Å². The van der Waals surface area contributed by atoms with Gasteiger partial charge in [-0.2, -0.15) is 0 Å². The predicted octanol–water partition coefficient (Wildman–Crippen LogP) is 12.1. The van der Waals surface area contributed by atoms with Crippen molar-refractivity contribution in [3.05, 3.63) is 162 Å². The molecule has 4 bridgehead atoms. The Morgan fingerprint density at radius 2 is 1.00 bits per heavy atom. The zero-order chi connectivity index (χ0) is 35.3. The van der Waals surface area contributed by atoms with E-state index in [0.29, 0.717) is 17.5 Å². The Morgan fingerprint density at radius 1 is 0.434 bits per heavy atom. The normalized spacial score (nSPS) is 24.6. The topological polar surface area (TPSA) is 38.7 Å². The monoisotopic (exact) mass is 685 g/mol. The molecule has 258 valence electrons. The average molecular weight is 686 g/mol. The quantitative estimate of drug-likeness (QED) is 0.185. The lowest BCUT2D eigenvalue weighted by atomic mass is 9.39. The number of rotatable bonds is 4. The van der Waals surface area contributed by atoms with Crippen molar-refractivity contribution < 1.29 is 0 Å². The molecule has 1 heterocycles. The summed E-state index contributed by atoms with van der Waals surface area (Å²) in [4.78, 5) is 15.4. The minimum atomic E-state index is -0.0917. The maximum absolute atomic E-state index is 5.18. The van der Waals surface area contributed by atoms with E-state index in [4.69, 9.17) is 15.0 Å². The molecule has 6 aromatic carbocycles. The van der Waals surface area contributed by atoms with Crippen molar-refractivity contribution in [3.63, 3.8) is 0 Å². The lowest BCUT2D eigenvalue weighted by Gasteiger charge is -2.64. The molecule has 0 saturated heterocycles. The summed E-state index contributed by atoms with van der Waals surface area (Å²) in [6.45, 7) is 4.91. The van der Waals surface area contributed by atoms with Gasteiger partial charge in [-0.1, -0.05) is 141 Å². The second-order valence-electron chi connectivity index (χ2n) is 16.9. The molecule has 5 aliphatic rings. The highest BCUT2D eigenvalue weighted by molar-refractivity contribution is 5.95. The van der Waals surface area contributed by atoms with E-state index in [2.05, 4.69) is 135 Å². The van der Waals surface area contributed by atoms with Gasteiger partial charge < -0.3 is 0 Å². The van der Waals surface area contributed by atoms with Crippen molar-refractivity contribution >= 4 is 10.8 Å². The summed E-state index contributed by atoms with van der Waals surface area (Å²) >= 11 is 0. The molecular weight excluding hydrogens is 643 g/mol. The molecule has 1 spiro atoms. The molecule has 3 heteroatoms. The van der Waals surface area contributed by atoms with Gasteiger partial charge in [0.1, 0.15) is 0 Å². The number of aromatic nitrogens is 3. The molecule has 4 saturated carbocycles. The van der Waals surface area contributed by atoms with Gasteiger partial charge in [-0.05, 0) is 112 Å². The van der Waals surface area contributed by atoms with Crippen LogP contribution >= 0.6 is 0 Å². The van der Waals surface area contributed by atoms with Crippen molar-refractivity contribution in [1.82, 2.24) is 15.0 Å². The van der Waals surface area contributed by atoms with Gasteiger partial charge >= 0.3 is 0 Å². The van der Waals surface area contributed by atoms with Crippen LogP contribution in [0, 0.1) is 23.7 Å². The van der Waals surface area contributed by atoms with Crippen LogP contribution in [0.15, 0.2) is 140 Å². The van der Waals surface area contributed by atoms with Gasteiger partial charge in [0, 0.05) is 27.5 Å². The van der Waals surface area contributed by atoms with Crippen molar-refractivity contribution in [3.8, 4) is 45.3 Å². The minimum Gasteiger partial charge on any atom is -0.208 e. The number of hydrogen-bond donors (Lipinski definition) is 0. The Kier molecular flexibility index (Phi) is 6.78. The van der Waals surface area contributed by atoms with Crippen LogP contribution in [0.1, 0.15) is 68.2 Å². The molecule has 5 aliphatic carbocycles. The summed E-state index contributed by atoms with van der Waals surface area (Å²) in [5, 5.41) is 2.30. The highest BCUT2D eigenvalue weighted by Crippen LogP contribution is 2.68. The molecule has 12 rings (SSSR count). The second kappa shape index (κ2) is 11.5. The number of benzene rings is 6. The number of hydrogen-bond acceptors (Lipinski definition) is 3. The van der Waals surface area contributed by atoms with Crippen LogP contribution in [-0.2, 0) is 10.8 Å². The minimum absolute atomic E-state index is 0.0917. The standard InChI is InChI=1S/C50H43N3/c1-49(2)42-20-8-9-21-43(42)50(38-25-31-24-32(27-38)28-39(50)26-31)44-23-22-36(30-45(44)49)35-16-10-17-37(29-35)47-51-46(34-13-4-3-5-14-34)52-48(53-47)41-19-11-15-33-12-6-7-18-40(33)41/h3-23,29-32,38-39H,24-28H2,1-2H3. The van der Waals surface area contributed by atoms with Crippen molar-refractivity contribution in [2.24, 2.45) is 23.7 Å². The third-order valence-corrected chi connectivity index (χ3v) is 13.8. The fraction of sp³-hybridized carbons (Fsp3) is 0.260. The molecule has 0 radical (unpaired) electrons. The zero-order valence-corrected chi connectivity index (χ0v) is 30.5. The second-order valence-corrected chi connectivity index (χ2v) is 16.9. The average Bonchev–Trinajstić information content (AvgIpc) is 3.20.